The van der Waals surface area contributed by atoms with Crippen LogP contribution in [0, 0.1) is 0 Å². The summed E-state index contributed by atoms with van der Waals surface area (Å²) >= 11 is 1.20. The van der Waals surface area contributed by atoms with Gasteiger partial charge in [0.1, 0.15) is 5.82 Å². The van der Waals surface area contributed by atoms with Gasteiger partial charge in [-0.25, -0.2) is 13.4 Å². The van der Waals surface area contributed by atoms with Gasteiger partial charge in [-0.2, -0.15) is 0 Å². The fraction of sp³-hybridized carbons (Fsp3) is 0.706. The van der Waals surface area contributed by atoms with Crippen molar-refractivity contribution in [2.24, 2.45) is 0 Å². The summed E-state index contributed by atoms with van der Waals surface area (Å²) in [5.74, 6) is -0.694. The van der Waals surface area contributed by atoms with Crippen LogP contribution in [0.5, 0.6) is 0 Å². The number of nitrogens with zero attached hydrogens (tertiary/aromatic N) is 4. The first-order chi connectivity index (χ1) is 15.1. The molecule has 1 aliphatic heterocycles. The maximum Gasteiger partial charge on any atom is 0.279 e. The van der Waals surface area contributed by atoms with E-state index in [1.165, 1.54) is 30.8 Å². The van der Waals surface area contributed by atoms with E-state index in [0.717, 1.165) is 4.90 Å². The van der Waals surface area contributed by atoms with E-state index in [1.54, 1.807) is 11.6 Å². The highest BCUT2D eigenvalue weighted by atomic mass is 32.2. The van der Waals surface area contributed by atoms with E-state index >= 15 is 0 Å². The molecule has 0 bridgehead atoms. The molecule has 4 N–H and O–H groups in total. The maximum atomic E-state index is 12.6. The Morgan fingerprint density at radius 3 is 2.66 bits per heavy atom. The number of imidazole rings is 1. The van der Waals surface area contributed by atoms with Crippen molar-refractivity contribution in [3.8, 4) is 0 Å². The van der Waals surface area contributed by atoms with Crippen LogP contribution in [0.4, 0.5) is 5.82 Å². The second kappa shape index (κ2) is 11.8. The Kier molecular flexibility index (Phi) is 9.72. The molecule has 2 heterocycles. The van der Waals surface area contributed by atoms with Gasteiger partial charge in [0.2, 0.25) is 22.3 Å². The van der Waals surface area contributed by atoms with Crippen molar-refractivity contribution in [2.75, 3.05) is 63.9 Å². The van der Waals surface area contributed by atoms with Gasteiger partial charge in [0.15, 0.2) is 10.9 Å². The molecule has 0 saturated carbocycles. The normalized spacial score (nSPS) is 16.4. The van der Waals surface area contributed by atoms with Crippen LogP contribution in [0.3, 0.4) is 0 Å². The minimum Gasteiger partial charge on any atom is -0.395 e. The number of aromatic nitrogens is 2. The summed E-state index contributed by atoms with van der Waals surface area (Å²) < 4.78 is 32.7. The molecule has 13 nitrogen and oxygen atoms in total. The number of aliphatic hydroxyl groups is 2. The number of carbonyl (C=O) groups is 2. The zero-order valence-electron chi connectivity index (χ0n) is 18.3. The van der Waals surface area contributed by atoms with E-state index in [9.17, 15) is 23.1 Å². The van der Waals surface area contributed by atoms with Crippen LogP contribution in [0.1, 0.15) is 16.9 Å². The molecular weight excluding hydrogens is 464 g/mol. The summed E-state index contributed by atoms with van der Waals surface area (Å²) in [7, 11) is 0.867. The number of sulfonamides is 1. The summed E-state index contributed by atoms with van der Waals surface area (Å²) in [6.07, 6.45) is -1.23. The van der Waals surface area contributed by atoms with Gasteiger partial charge in [-0.3, -0.25) is 19.2 Å². The van der Waals surface area contributed by atoms with E-state index in [2.05, 4.69) is 10.3 Å². The number of ether oxygens (including phenoxy) is 1. The first kappa shape index (κ1) is 26.3. The Labute approximate surface area is 191 Å². The lowest BCUT2D eigenvalue weighted by atomic mass is 10.3. The van der Waals surface area contributed by atoms with E-state index < -0.39 is 28.2 Å². The number of amides is 2. The van der Waals surface area contributed by atoms with Crippen molar-refractivity contribution in [2.45, 2.75) is 24.5 Å². The van der Waals surface area contributed by atoms with Crippen LogP contribution in [-0.4, -0.2) is 110 Å². The molecule has 1 aliphatic rings. The monoisotopic (exact) mass is 494 g/mol. The Morgan fingerprint density at radius 1 is 1.28 bits per heavy atom. The van der Waals surface area contributed by atoms with Gasteiger partial charge in [0.25, 0.3) is 5.91 Å². The fourth-order valence-corrected chi connectivity index (χ4v) is 4.91. The third kappa shape index (κ3) is 6.55. The summed E-state index contributed by atoms with van der Waals surface area (Å²) in [6, 6.07) is 0. The summed E-state index contributed by atoms with van der Waals surface area (Å²) in [5.41, 5.74) is 0.182. The van der Waals surface area contributed by atoms with Gasteiger partial charge < -0.3 is 29.7 Å². The third-order valence-corrected chi connectivity index (χ3v) is 6.90. The Morgan fingerprint density at radius 2 is 2.00 bits per heavy atom. The van der Waals surface area contributed by atoms with Gasteiger partial charge in [-0.05, 0) is 0 Å². The zero-order chi connectivity index (χ0) is 23.9. The van der Waals surface area contributed by atoms with Gasteiger partial charge >= 0.3 is 0 Å². The van der Waals surface area contributed by atoms with Crippen molar-refractivity contribution in [1.82, 2.24) is 24.5 Å². The summed E-state index contributed by atoms with van der Waals surface area (Å²) in [6.45, 7) is 0.987. The molecule has 0 saturated heterocycles. The lowest BCUT2D eigenvalue weighted by Crippen LogP contribution is -2.52. The van der Waals surface area contributed by atoms with Crippen molar-refractivity contribution in [1.29, 1.82) is 0 Å². The first-order valence-electron chi connectivity index (χ1n) is 9.88. The third-order valence-electron chi connectivity index (χ3n) is 4.64. The second-order valence-corrected chi connectivity index (χ2v) is 9.90. The average Bonchev–Trinajstić information content (AvgIpc) is 3.10. The van der Waals surface area contributed by atoms with E-state index in [4.69, 9.17) is 9.84 Å². The number of methoxy groups -OCH3 is 1. The highest BCUT2D eigenvalue weighted by Gasteiger charge is 2.37. The number of rotatable bonds is 13. The number of thioether (sulfide) groups is 1. The highest BCUT2D eigenvalue weighted by Crippen LogP contribution is 2.33. The Hall–Kier alpha value is -1.91. The molecular formula is C17H30N6O7S2. The lowest BCUT2D eigenvalue weighted by molar-refractivity contribution is -0.118. The molecule has 32 heavy (non-hydrogen) atoms. The summed E-state index contributed by atoms with van der Waals surface area (Å²) in [4.78, 5) is 31.7. The van der Waals surface area contributed by atoms with Crippen LogP contribution < -0.4 is 14.9 Å². The molecule has 15 heteroatoms. The minimum absolute atomic E-state index is 0.0813. The minimum atomic E-state index is -3.78. The maximum absolute atomic E-state index is 12.6. The standard InChI is InChI=1S/C17H30N6O7S2/c1-21-14-13(15(26)22(2)17(21)27)19-16(23(14)7-9-30-3)31-10-4-12(25)20-32(28,29)11-6-18-5-8-24/h17-18,24,27H,4-11H2,1-3H3,(H,20,25). The second-order valence-electron chi connectivity index (χ2n) is 7.00. The van der Waals surface area contributed by atoms with Gasteiger partial charge in [0, 0.05) is 53.0 Å². The van der Waals surface area contributed by atoms with E-state index in [-0.39, 0.29) is 43.3 Å². The molecule has 0 fully saturated rings. The predicted octanol–water partition coefficient (Wildman–Crippen LogP) is -2.16. The number of anilines is 1. The summed E-state index contributed by atoms with van der Waals surface area (Å²) in [5, 5.41) is 22.2. The number of fused-ring (bicyclic) bond motifs is 1. The quantitative estimate of drug-likeness (QED) is 0.174. The van der Waals surface area contributed by atoms with Crippen molar-refractivity contribution >= 4 is 39.4 Å². The van der Waals surface area contributed by atoms with Crippen molar-refractivity contribution in [3.63, 3.8) is 0 Å². The Bertz CT molecular complexity index is 907. The number of hydrogen-bond donors (Lipinski definition) is 4. The van der Waals surface area contributed by atoms with Crippen LogP contribution in [0.2, 0.25) is 0 Å². The van der Waals surface area contributed by atoms with E-state index in [1.807, 2.05) is 4.72 Å². The molecule has 1 aromatic heterocycles. The molecule has 0 aliphatic carbocycles. The van der Waals surface area contributed by atoms with Crippen LogP contribution in [0.25, 0.3) is 0 Å². The number of hydrogen-bond acceptors (Lipinski definition) is 11. The number of nitrogens with one attached hydrogen (secondary N) is 2. The molecule has 0 aromatic carbocycles. The van der Waals surface area contributed by atoms with Crippen LogP contribution in [-0.2, 0) is 26.1 Å². The van der Waals surface area contributed by atoms with Crippen LogP contribution in [0.15, 0.2) is 5.16 Å². The Balaban J connectivity index is 2.03. The number of aliphatic hydroxyl groups excluding tert-OH is 2. The highest BCUT2D eigenvalue weighted by molar-refractivity contribution is 7.99. The van der Waals surface area contributed by atoms with Crippen LogP contribution >= 0.6 is 11.8 Å². The largest absolute Gasteiger partial charge is 0.395 e. The molecule has 1 atom stereocenters. The SMILES string of the molecule is COCCn1c(SCCC(=O)NS(=O)(=O)CCNCCO)nc2c1N(C)C(O)N(C)C2=O. The van der Waals surface area contributed by atoms with Crippen molar-refractivity contribution in [3.05, 3.63) is 5.69 Å². The fourth-order valence-electron chi connectivity index (χ4n) is 2.98. The van der Waals surface area contributed by atoms with Crippen molar-refractivity contribution < 1.29 is 33.0 Å². The first-order valence-corrected chi connectivity index (χ1v) is 12.5. The molecule has 2 amide bonds. The zero-order valence-corrected chi connectivity index (χ0v) is 19.9. The predicted molar refractivity (Wildman–Crippen MR) is 118 cm³/mol. The molecule has 1 aromatic rings. The molecule has 182 valence electrons. The molecule has 2 rings (SSSR count). The van der Waals surface area contributed by atoms with Gasteiger partial charge in [0.05, 0.1) is 19.0 Å². The molecule has 0 radical (unpaired) electrons. The van der Waals surface area contributed by atoms with Gasteiger partial charge in [-0.15, -0.1) is 0 Å². The lowest BCUT2D eigenvalue weighted by Gasteiger charge is -2.37. The smallest absolute Gasteiger partial charge is 0.279 e. The molecule has 1 unspecified atom stereocenters. The molecule has 0 spiro atoms. The topological polar surface area (TPSA) is 166 Å². The number of carbonyl (C=O) groups excluding carboxylic acids is 2. The van der Waals surface area contributed by atoms with E-state index in [0.29, 0.717) is 24.1 Å². The average molecular weight is 495 g/mol. The van der Waals surface area contributed by atoms with Gasteiger partial charge in [-0.1, -0.05) is 11.8 Å².